The topological polar surface area (TPSA) is 41.5 Å². The van der Waals surface area contributed by atoms with Crippen molar-refractivity contribution in [2.45, 2.75) is 6.54 Å². The summed E-state index contributed by atoms with van der Waals surface area (Å²) in [6.07, 6.45) is 0. The average Bonchev–Trinajstić information content (AvgIpc) is 2.23. The zero-order valence-electron chi connectivity index (χ0n) is 8.39. The van der Waals surface area contributed by atoms with Crippen molar-refractivity contribution in [3.8, 4) is 5.75 Å². The number of halogens is 2. The van der Waals surface area contributed by atoms with Gasteiger partial charge >= 0.3 is 0 Å². The molecule has 0 aliphatic heterocycles. The third-order valence-corrected chi connectivity index (χ3v) is 1.92. The molecule has 2 N–H and O–H groups in total. The van der Waals surface area contributed by atoms with Gasteiger partial charge in [-0.3, -0.25) is 0 Å². The monoisotopic (exact) mass is 217 g/mol. The lowest BCUT2D eigenvalue weighted by Crippen LogP contribution is -2.18. The van der Waals surface area contributed by atoms with Crippen LogP contribution in [0.25, 0.3) is 0 Å². The van der Waals surface area contributed by atoms with E-state index in [2.05, 4.69) is 10.1 Å². The molecule has 3 nitrogen and oxygen atoms in total. The number of aliphatic hydroxyl groups excluding tert-OH is 1. The summed E-state index contributed by atoms with van der Waals surface area (Å²) in [4.78, 5) is 0. The molecule has 0 saturated heterocycles. The highest BCUT2D eigenvalue weighted by atomic mass is 19.1. The summed E-state index contributed by atoms with van der Waals surface area (Å²) in [7, 11) is 1.28. The molecule has 0 saturated carbocycles. The fraction of sp³-hybridized carbons (Fsp3) is 0.400. The largest absolute Gasteiger partial charge is 0.494 e. The SMILES string of the molecule is COc1cc(F)c(CNCCO)cc1F. The van der Waals surface area contributed by atoms with Gasteiger partial charge in [0.1, 0.15) is 5.82 Å². The van der Waals surface area contributed by atoms with Crippen LogP contribution in [0.4, 0.5) is 8.78 Å². The minimum Gasteiger partial charge on any atom is -0.494 e. The zero-order valence-corrected chi connectivity index (χ0v) is 8.39. The van der Waals surface area contributed by atoms with E-state index >= 15 is 0 Å². The van der Waals surface area contributed by atoms with Crippen LogP contribution in [0.3, 0.4) is 0 Å². The molecule has 1 aromatic rings. The Morgan fingerprint density at radius 2 is 2.07 bits per heavy atom. The summed E-state index contributed by atoms with van der Waals surface area (Å²) in [6.45, 7) is 0.473. The fourth-order valence-electron chi connectivity index (χ4n) is 1.16. The Morgan fingerprint density at radius 1 is 1.33 bits per heavy atom. The standard InChI is InChI=1S/C10H13F2NO2/c1-15-10-5-8(11)7(4-9(10)12)6-13-2-3-14/h4-5,13-14H,2-3,6H2,1H3. The molecule has 0 amide bonds. The number of rotatable bonds is 5. The van der Waals surface area contributed by atoms with Crippen molar-refractivity contribution < 1.29 is 18.6 Å². The van der Waals surface area contributed by atoms with Gasteiger partial charge in [-0.2, -0.15) is 0 Å². The van der Waals surface area contributed by atoms with Crippen molar-refractivity contribution in [2.75, 3.05) is 20.3 Å². The molecular formula is C10H13F2NO2. The van der Waals surface area contributed by atoms with E-state index < -0.39 is 11.6 Å². The summed E-state index contributed by atoms with van der Waals surface area (Å²) in [5.41, 5.74) is 0.210. The third kappa shape index (κ3) is 3.14. The fourth-order valence-corrected chi connectivity index (χ4v) is 1.16. The molecule has 0 bridgehead atoms. The van der Waals surface area contributed by atoms with E-state index in [1.165, 1.54) is 7.11 Å². The number of hydrogen-bond donors (Lipinski definition) is 2. The van der Waals surface area contributed by atoms with Gasteiger partial charge in [0, 0.05) is 24.7 Å². The Balaban J connectivity index is 2.76. The number of aliphatic hydroxyl groups is 1. The Labute approximate surface area is 86.7 Å². The number of benzene rings is 1. The normalized spacial score (nSPS) is 10.4. The molecule has 0 aliphatic carbocycles. The Bertz CT molecular complexity index is 331. The number of nitrogens with one attached hydrogen (secondary N) is 1. The lowest BCUT2D eigenvalue weighted by Gasteiger charge is -2.07. The average molecular weight is 217 g/mol. The smallest absolute Gasteiger partial charge is 0.165 e. The highest BCUT2D eigenvalue weighted by Crippen LogP contribution is 2.20. The quantitative estimate of drug-likeness (QED) is 0.724. The van der Waals surface area contributed by atoms with Crippen LogP contribution in [0.2, 0.25) is 0 Å². The van der Waals surface area contributed by atoms with E-state index in [0.717, 1.165) is 12.1 Å². The molecule has 5 heteroatoms. The predicted octanol–water partition coefficient (Wildman–Crippen LogP) is 1.06. The molecule has 0 heterocycles. The van der Waals surface area contributed by atoms with Gasteiger partial charge < -0.3 is 15.2 Å². The van der Waals surface area contributed by atoms with Crippen LogP contribution in [-0.2, 0) is 6.54 Å². The summed E-state index contributed by atoms with van der Waals surface area (Å²) >= 11 is 0. The van der Waals surface area contributed by atoms with Gasteiger partial charge in [-0.05, 0) is 6.07 Å². The highest BCUT2D eigenvalue weighted by Gasteiger charge is 2.09. The van der Waals surface area contributed by atoms with E-state index in [4.69, 9.17) is 5.11 Å². The second-order valence-electron chi connectivity index (χ2n) is 2.98. The number of hydrogen-bond acceptors (Lipinski definition) is 3. The summed E-state index contributed by atoms with van der Waals surface area (Å²) in [5.74, 6) is -1.24. The second-order valence-corrected chi connectivity index (χ2v) is 2.98. The highest BCUT2D eigenvalue weighted by molar-refractivity contribution is 5.30. The molecule has 1 aromatic carbocycles. The van der Waals surface area contributed by atoms with Crippen molar-refractivity contribution in [1.29, 1.82) is 0 Å². The molecule has 0 atom stereocenters. The van der Waals surface area contributed by atoms with Crippen LogP contribution in [0.1, 0.15) is 5.56 Å². The van der Waals surface area contributed by atoms with E-state index in [1.807, 2.05) is 0 Å². The molecule has 0 fully saturated rings. The van der Waals surface area contributed by atoms with Gasteiger partial charge in [0.05, 0.1) is 13.7 Å². The van der Waals surface area contributed by atoms with Gasteiger partial charge in [0.2, 0.25) is 0 Å². The summed E-state index contributed by atoms with van der Waals surface area (Å²) in [6, 6.07) is 2.09. The van der Waals surface area contributed by atoms with Crippen molar-refractivity contribution in [1.82, 2.24) is 5.32 Å². The number of ether oxygens (including phenoxy) is 1. The minimum absolute atomic E-state index is 0.0414. The van der Waals surface area contributed by atoms with E-state index in [9.17, 15) is 8.78 Å². The summed E-state index contributed by atoms with van der Waals surface area (Å²) in [5, 5.41) is 11.3. The molecule has 0 unspecified atom stereocenters. The maximum atomic E-state index is 13.3. The number of methoxy groups -OCH3 is 1. The van der Waals surface area contributed by atoms with Crippen LogP contribution in [0.5, 0.6) is 5.75 Å². The molecular weight excluding hydrogens is 204 g/mol. The minimum atomic E-state index is -0.598. The van der Waals surface area contributed by atoms with Gasteiger partial charge in [-0.1, -0.05) is 0 Å². The molecule has 1 rings (SSSR count). The Hall–Kier alpha value is -1.20. The van der Waals surface area contributed by atoms with Gasteiger partial charge in [-0.15, -0.1) is 0 Å². The van der Waals surface area contributed by atoms with Crippen molar-refractivity contribution in [2.24, 2.45) is 0 Å². The van der Waals surface area contributed by atoms with E-state index in [1.54, 1.807) is 0 Å². The maximum absolute atomic E-state index is 13.3. The first kappa shape index (κ1) is 11.9. The first-order valence-corrected chi connectivity index (χ1v) is 4.52. The van der Waals surface area contributed by atoms with Gasteiger partial charge in [-0.25, -0.2) is 8.78 Å². The predicted molar refractivity (Wildman–Crippen MR) is 51.7 cm³/mol. The first-order chi connectivity index (χ1) is 7.19. The molecule has 84 valence electrons. The Morgan fingerprint density at radius 3 is 2.67 bits per heavy atom. The van der Waals surface area contributed by atoms with Crippen molar-refractivity contribution in [3.63, 3.8) is 0 Å². The molecule has 0 radical (unpaired) electrons. The first-order valence-electron chi connectivity index (χ1n) is 4.52. The van der Waals surface area contributed by atoms with Crippen LogP contribution >= 0.6 is 0 Å². The second kappa shape index (κ2) is 5.63. The van der Waals surface area contributed by atoms with Gasteiger partial charge in [0.15, 0.2) is 11.6 Å². The van der Waals surface area contributed by atoms with Crippen molar-refractivity contribution in [3.05, 3.63) is 29.3 Å². The molecule has 0 aliphatic rings. The van der Waals surface area contributed by atoms with E-state index in [0.29, 0.717) is 6.54 Å². The molecule has 15 heavy (non-hydrogen) atoms. The lowest BCUT2D eigenvalue weighted by atomic mass is 10.2. The summed E-state index contributed by atoms with van der Waals surface area (Å²) < 4.78 is 31.1. The zero-order chi connectivity index (χ0) is 11.3. The van der Waals surface area contributed by atoms with Crippen LogP contribution in [0.15, 0.2) is 12.1 Å². The maximum Gasteiger partial charge on any atom is 0.165 e. The lowest BCUT2D eigenvalue weighted by molar-refractivity contribution is 0.291. The van der Waals surface area contributed by atoms with E-state index in [-0.39, 0.29) is 24.5 Å². The molecule has 0 aromatic heterocycles. The Kier molecular flexibility index (Phi) is 4.45. The van der Waals surface area contributed by atoms with Crippen LogP contribution in [0, 0.1) is 11.6 Å². The molecule has 0 spiro atoms. The van der Waals surface area contributed by atoms with Crippen LogP contribution in [-0.4, -0.2) is 25.4 Å². The third-order valence-electron chi connectivity index (χ3n) is 1.92. The van der Waals surface area contributed by atoms with Crippen LogP contribution < -0.4 is 10.1 Å². The van der Waals surface area contributed by atoms with Crippen molar-refractivity contribution >= 4 is 0 Å². The van der Waals surface area contributed by atoms with Gasteiger partial charge in [0.25, 0.3) is 0 Å².